The highest BCUT2D eigenvalue weighted by atomic mass is 19.4. The fourth-order valence-electron chi connectivity index (χ4n) is 2.48. The molecule has 27 heavy (non-hydrogen) atoms. The van der Waals surface area contributed by atoms with Gasteiger partial charge in [0.2, 0.25) is 0 Å². The smallest absolute Gasteiger partial charge is 0.416 e. The topological polar surface area (TPSA) is 51.2 Å². The van der Waals surface area contributed by atoms with Crippen molar-refractivity contribution in [2.24, 2.45) is 0 Å². The molecule has 0 aliphatic carbocycles. The van der Waals surface area contributed by atoms with Crippen LogP contribution in [-0.4, -0.2) is 18.0 Å². The third-order valence-corrected chi connectivity index (χ3v) is 3.84. The number of nitrogens with zero attached hydrogens (tertiary/aromatic N) is 1. The molecule has 0 saturated carbocycles. The molecule has 0 aliphatic heterocycles. The number of ether oxygens (including phenoxy) is 1. The van der Waals surface area contributed by atoms with Gasteiger partial charge in [-0.3, -0.25) is 9.78 Å². The summed E-state index contributed by atoms with van der Waals surface area (Å²) in [5.41, 5.74) is 0.995. The number of pyridine rings is 1. The van der Waals surface area contributed by atoms with Gasteiger partial charge in [0.05, 0.1) is 18.4 Å². The molecule has 3 aromatic rings. The number of amides is 1. The lowest BCUT2D eigenvalue weighted by molar-refractivity contribution is -0.137. The number of carbonyl (C=O) groups excluding carboxylic acids is 1. The van der Waals surface area contributed by atoms with E-state index in [-0.39, 0.29) is 11.4 Å². The average Bonchev–Trinajstić information content (AvgIpc) is 2.68. The highest BCUT2D eigenvalue weighted by Crippen LogP contribution is 2.34. The van der Waals surface area contributed by atoms with E-state index in [9.17, 15) is 18.0 Å². The van der Waals surface area contributed by atoms with Crippen LogP contribution in [0.3, 0.4) is 0 Å². The summed E-state index contributed by atoms with van der Waals surface area (Å²) in [7, 11) is 1.26. The Balaban J connectivity index is 1.81. The lowest BCUT2D eigenvalue weighted by Gasteiger charge is -2.12. The second-order valence-electron chi connectivity index (χ2n) is 5.69. The third-order valence-electron chi connectivity index (χ3n) is 3.84. The molecule has 0 aliphatic rings. The van der Waals surface area contributed by atoms with Gasteiger partial charge in [-0.05, 0) is 36.4 Å². The molecule has 138 valence electrons. The van der Waals surface area contributed by atoms with Crippen molar-refractivity contribution in [3.8, 4) is 17.0 Å². The zero-order valence-electron chi connectivity index (χ0n) is 14.2. The van der Waals surface area contributed by atoms with Crippen LogP contribution >= 0.6 is 0 Å². The van der Waals surface area contributed by atoms with Gasteiger partial charge in [0.25, 0.3) is 5.91 Å². The van der Waals surface area contributed by atoms with Crippen molar-refractivity contribution in [2.45, 2.75) is 6.18 Å². The number of alkyl halides is 3. The number of hydrogen-bond donors (Lipinski definition) is 1. The fraction of sp³-hybridized carbons (Fsp3) is 0.100. The Morgan fingerprint density at radius 2 is 1.78 bits per heavy atom. The van der Waals surface area contributed by atoms with E-state index in [4.69, 9.17) is 4.74 Å². The van der Waals surface area contributed by atoms with E-state index in [1.165, 1.54) is 13.2 Å². The molecule has 4 nitrogen and oxygen atoms in total. The minimum absolute atomic E-state index is 0.000442. The van der Waals surface area contributed by atoms with Crippen LogP contribution in [0, 0.1) is 0 Å². The van der Waals surface area contributed by atoms with Crippen molar-refractivity contribution in [1.29, 1.82) is 0 Å². The van der Waals surface area contributed by atoms with Gasteiger partial charge in [0, 0.05) is 29.1 Å². The van der Waals surface area contributed by atoms with E-state index < -0.39 is 17.6 Å². The van der Waals surface area contributed by atoms with E-state index in [1.54, 1.807) is 36.5 Å². The molecule has 0 spiro atoms. The Morgan fingerprint density at radius 3 is 2.37 bits per heavy atom. The summed E-state index contributed by atoms with van der Waals surface area (Å²) < 4.78 is 43.8. The minimum atomic E-state index is -4.54. The van der Waals surface area contributed by atoms with Crippen molar-refractivity contribution in [3.05, 3.63) is 78.0 Å². The van der Waals surface area contributed by atoms with Crippen molar-refractivity contribution in [3.63, 3.8) is 0 Å². The molecule has 0 unspecified atom stereocenters. The molecule has 1 N–H and O–H groups in total. The van der Waals surface area contributed by atoms with Gasteiger partial charge in [-0.2, -0.15) is 13.2 Å². The van der Waals surface area contributed by atoms with Gasteiger partial charge in [-0.25, -0.2) is 0 Å². The van der Waals surface area contributed by atoms with E-state index in [1.807, 2.05) is 12.1 Å². The van der Waals surface area contributed by atoms with E-state index in [0.29, 0.717) is 5.56 Å². The molecule has 7 heteroatoms. The molecular formula is C20H15F3N2O2. The Hall–Kier alpha value is -3.35. The first-order chi connectivity index (χ1) is 12.9. The number of halogens is 3. The van der Waals surface area contributed by atoms with Crippen molar-refractivity contribution in [1.82, 2.24) is 4.98 Å². The van der Waals surface area contributed by atoms with Crippen LogP contribution < -0.4 is 10.1 Å². The predicted octanol–water partition coefficient (Wildman–Crippen LogP) is 5.03. The Bertz CT molecular complexity index is 940. The van der Waals surface area contributed by atoms with Gasteiger partial charge in [0.15, 0.2) is 0 Å². The van der Waals surface area contributed by atoms with Crippen LogP contribution in [0.15, 0.2) is 66.9 Å². The first-order valence-electron chi connectivity index (χ1n) is 7.96. The first-order valence-corrected chi connectivity index (χ1v) is 7.96. The summed E-state index contributed by atoms with van der Waals surface area (Å²) in [4.78, 5) is 16.6. The Kier molecular flexibility index (Phi) is 5.12. The highest BCUT2D eigenvalue weighted by Gasteiger charge is 2.31. The maximum absolute atomic E-state index is 13.0. The largest absolute Gasteiger partial charge is 0.497 e. The molecule has 1 heterocycles. The van der Waals surface area contributed by atoms with E-state index >= 15 is 0 Å². The second kappa shape index (κ2) is 7.49. The van der Waals surface area contributed by atoms with Crippen LogP contribution in [0.2, 0.25) is 0 Å². The standard InChI is InChI=1S/C20H15F3N2O2/c1-27-17-11-15(20(21,22)23)10-16(12-17)25-19(26)14-7-5-13(6-8-14)18-4-2-3-9-24-18/h2-12H,1H3,(H,25,26). The molecule has 0 saturated heterocycles. The molecule has 1 amide bonds. The lowest BCUT2D eigenvalue weighted by atomic mass is 10.1. The maximum Gasteiger partial charge on any atom is 0.416 e. The number of anilines is 1. The highest BCUT2D eigenvalue weighted by molar-refractivity contribution is 6.04. The molecule has 2 aromatic carbocycles. The van der Waals surface area contributed by atoms with Gasteiger partial charge >= 0.3 is 6.18 Å². The monoisotopic (exact) mass is 372 g/mol. The number of benzene rings is 2. The quantitative estimate of drug-likeness (QED) is 0.699. The summed E-state index contributed by atoms with van der Waals surface area (Å²) in [6.45, 7) is 0. The second-order valence-corrected chi connectivity index (χ2v) is 5.69. The van der Waals surface area contributed by atoms with Gasteiger partial charge < -0.3 is 10.1 Å². The van der Waals surface area contributed by atoms with Gasteiger partial charge in [-0.15, -0.1) is 0 Å². The van der Waals surface area contributed by atoms with E-state index in [0.717, 1.165) is 23.4 Å². The summed E-state index contributed by atoms with van der Waals surface area (Å²) in [5.74, 6) is -0.519. The van der Waals surface area contributed by atoms with Crippen LogP contribution in [0.25, 0.3) is 11.3 Å². The molecule has 3 rings (SSSR count). The molecule has 0 radical (unpaired) electrons. The zero-order valence-corrected chi connectivity index (χ0v) is 14.2. The molecule has 0 bridgehead atoms. The summed E-state index contributed by atoms with van der Waals surface area (Å²) >= 11 is 0. The average molecular weight is 372 g/mol. The number of carbonyl (C=O) groups is 1. The molecule has 0 atom stereocenters. The normalized spacial score (nSPS) is 11.1. The van der Waals surface area contributed by atoms with E-state index in [2.05, 4.69) is 10.3 Å². The van der Waals surface area contributed by atoms with Crippen LogP contribution in [0.1, 0.15) is 15.9 Å². The summed E-state index contributed by atoms with van der Waals surface area (Å²) in [6.07, 6.45) is -2.88. The number of nitrogens with one attached hydrogen (secondary N) is 1. The maximum atomic E-state index is 13.0. The number of hydrogen-bond acceptors (Lipinski definition) is 3. The number of aromatic nitrogens is 1. The van der Waals surface area contributed by atoms with Crippen molar-refractivity contribution >= 4 is 11.6 Å². The summed E-state index contributed by atoms with van der Waals surface area (Å²) in [5, 5.41) is 2.47. The summed E-state index contributed by atoms with van der Waals surface area (Å²) in [6, 6.07) is 15.2. The van der Waals surface area contributed by atoms with Crippen molar-refractivity contribution < 1.29 is 22.7 Å². The van der Waals surface area contributed by atoms with Gasteiger partial charge in [0.1, 0.15) is 5.75 Å². The molecule has 1 aromatic heterocycles. The van der Waals surface area contributed by atoms with Gasteiger partial charge in [-0.1, -0.05) is 18.2 Å². The molecule has 0 fully saturated rings. The zero-order chi connectivity index (χ0) is 19.4. The van der Waals surface area contributed by atoms with Crippen molar-refractivity contribution in [2.75, 3.05) is 12.4 Å². The SMILES string of the molecule is COc1cc(NC(=O)c2ccc(-c3ccccn3)cc2)cc(C(F)(F)F)c1. The number of rotatable bonds is 4. The first kappa shape index (κ1) is 18.4. The minimum Gasteiger partial charge on any atom is -0.497 e. The van der Waals surface area contributed by atoms with Crippen LogP contribution in [-0.2, 0) is 6.18 Å². The fourth-order valence-corrected chi connectivity index (χ4v) is 2.48. The van der Waals surface area contributed by atoms with Crippen LogP contribution in [0.4, 0.5) is 18.9 Å². The van der Waals surface area contributed by atoms with Crippen LogP contribution in [0.5, 0.6) is 5.75 Å². The Morgan fingerprint density at radius 1 is 1.04 bits per heavy atom. The molecular weight excluding hydrogens is 357 g/mol. The third kappa shape index (κ3) is 4.44. The number of methoxy groups -OCH3 is 1. The lowest BCUT2D eigenvalue weighted by Crippen LogP contribution is -2.13. The predicted molar refractivity (Wildman–Crippen MR) is 95.6 cm³/mol. The Labute approximate surface area is 153 Å².